The normalized spacial score (nSPS) is 19.6. The first-order valence-corrected chi connectivity index (χ1v) is 8.89. The molecule has 0 fully saturated rings. The number of amides is 1. The molecule has 1 aromatic carbocycles. The molecule has 2 atom stereocenters. The van der Waals surface area contributed by atoms with Crippen LogP contribution in [0.5, 0.6) is 5.75 Å². The summed E-state index contributed by atoms with van der Waals surface area (Å²) in [5, 5.41) is 10.2. The fourth-order valence-corrected chi connectivity index (χ4v) is 3.18. The zero-order valence-corrected chi connectivity index (χ0v) is 15.5. The second-order valence-corrected chi connectivity index (χ2v) is 6.59. The van der Waals surface area contributed by atoms with Crippen LogP contribution in [0.15, 0.2) is 36.7 Å². The van der Waals surface area contributed by atoms with Gasteiger partial charge in [0, 0.05) is 18.9 Å². The Kier molecular flexibility index (Phi) is 4.82. The molecule has 1 amide bonds. The highest BCUT2D eigenvalue weighted by Crippen LogP contribution is 2.29. The maximum atomic E-state index is 13.9. The number of methoxy groups -OCH3 is 1. The van der Waals surface area contributed by atoms with E-state index in [1.165, 1.54) is 22.8 Å². The minimum Gasteiger partial charge on any atom is -0.486 e. The number of benzene rings is 1. The van der Waals surface area contributed by atoms with E-state index >= 15 is 0 Å². The van der Waals surface area contributed by atoms with Gasteiger partial charge < -0.3 is 20.1 Å². The Bertz CT molecular complexity index is 1020. The molecule has 0 unspecified atom stereocenters. The van der Waals surface area contributed by atoms with Gasteiger partial charge in [-0.3, -0.25) is 4.79 Å². The molecule has 0 saturated heterocycles. The zero-order chi connectivity index (χ0) is 19.7. The summed E-state index contributed by atoms with van der Waals surface area (Å²) in [6.45, 7) is 2.36. The Labute approximate surface area is 160 Å². The summed E-state index contributed by atoms with van der Waals surface area (Å²) in [6, 6.07) is 5.80. The van der Waals surface area contributed by atoms with E-state index in [2.05, 4.69) is 20.7 Å². The summed E-state index contributed by atoms with van der Waals surface area (Å²) in [5.41, 5.74) is 1.43. The lowest BCUT2D eigenvalue weighted by atomic mass is 10.1. The van der Waals surface area contributed by atoms with Crippen molar-refractivity contribution in [3.63, 3.8) is 0 Å². The van der Waals surface area contributed by atoms with Crippen molar-refractivity contribution >= 4 is 17.4 Å². The maximum absolute atomic E-state index is 13.9. The number of nitrogens with one attached hydrogen (secondary N) is 2. The summed E-state index contributed by atoms with van der Waals surface area (Å²) in [5.74, 6) is 0.382. The van der Waals surface area contributed by atoms with Gasteiger partial charge in [0.15, 0.2) is 5.65 Å². The number of carbonyl (C=O) groups excluding carboxylic acids is 1. The Hall–Kier alpha value is -3.20. The van der Waals surface area contributed by atoms with Crippen LogP contribution in [0.3, 0.4) is 0 Å². The molecule has 0 radical (unpaired) electrons. The first-order valence-electron chi connectivity index (χ1n) is 8.89. The number of hydrogen-bond acceptors (Lipinski definition) is 6. The van der Waals surface area contributed by atoms with Crippen molar-refractivity contribution < 1.29 is 18.7 Å². The van der Waals surface area contributed by atoms with Crippen LogP contribution in [0.2, 0.25) is 0 Å². The third kappa shape index (κ3) is 3.48. The van der Waals surface area contributed by atoms with E-state index in [1.54, 1.807) is 25.4 Å². The van der Waals surface area contributed by atoms with Crippen molar-refractivity contribution in [3.8, 4) is 5.75 Å². The van der Waals surface area contributed by atoms with E-state index in [1.807, 2.05) is 6.92 Å². The third-order valence-corrected chi connectivity index (χ3v) is 4.55. The van der Waals surface area contributed by atoms with Crippen LogP contribution in [-0.4, -0.2) is 46.9 Å². The molecular formula is C19H20FN5O3. The van der Waals surface area contributed by atoms with Crippen LogP contribution in [0.25, 0.3) is 5.65 Å². The second kappa shape index (κ2) is 7.43. The van der Waals surface area contributed by atoms with E-state index in [0.29, 0.717) is 28.3 Å². The lowest BCUT2D eigenvalue weighted by molar-refractivity contribution is 0.0731. The van der Waals surface area contributed by atoms with Crippen LogP contribution >= 0.6 is 0 Å². The van der Waals surface area contributed by atoms with Crippen LogP contribution in [0.1, 0.15) is 28.9 Å². The number of hydrogen-bond donors (Lipinski definition) is 2. The molecule has 28 heavy (non-hydrogen) atoms. The van der Waals surface area contributed by atoms with Crippen molar-refractivity contribution in [2.24, 2.45) is 0 Å². The summed E-state index contributed by atoms with van der Waals surface area (Å²) in [7, 11) is 1.55. The Morgan fingerprint density at radius 3 is 3.07 bits per heavy atom. The fraction of sp³-hybridized carbons (Fsp3) is 0.316. The number of anilines is 1. The lowest BCUT2D eigenvalue weighted by Crippen LogP contribution is -2.38. The van der Waals surface area contributed by atoms with Crippen molar-refractivity contribution in [3.05, 3.63) is 53.6 Å². The standard InChI is InChI=1S/C19H20FN5O3/c1-11-14-7-12(20)3-4-16(14)28-13(10-27-2)8-21-19(26)15-9-22-25-6-5-17(23-11)24-18(15)25/h3-7,9,11,13H,8,10H2,1-2H3,(H,21,26)(H,23,24)/t11-,13+/m1/s1. The molecule has 4 rings (SSSR count). The molecule has 9 heteroatoms. The van der Waals surface area contributed by atoms with Gasteiger partial charge in [-0.2, -0.15) is 5.10 Å². The molecule has 0 spiro atoms. The van der Waals surface area contributed by atoms with Crippen LogP contribution in [0.4, 0.5) is 10.2 Å². The summed E-state index contributed by atoms with van der Waals surface area (Å²) < 4.78 is 26.7. The highest BCUT2D eigenvalue weighted by Gasteiger charge is 2.21. The zero-order valence-electron chi connectivity index (χ0n) is 15.5. The van der Waals surface area contributed by atoms with Crippen molar-refractivity contribution in [1.29, 1.82) is 0 Å². The molecule has 0 saturated carbocycles. The monoisotopic (exact) mass is 385 g/mol. The number of carbonyl (C=O) groups is 1. The molecule has 1 aliphatic rings. The van der Waals surface area contributed by atoms with E-state index in [-0.39, 0.29) is 30.9 Å². The van der Waals surface area contributed by atoms with Gasteiger partial charge in [-0.05, 0) is 31.2 Å². The maximum Gasteiger partial charge on any atom is 0.256 e. The van der Waals surface area contributed by atoms with E-state index in [9.17, 15) is 9.18 Å². The molecule has 3 aromatic rings. The van der Waals surface area contributed by atoms with Gasteiger partial charge in [0.2, 0.25) is 0 Å². The van der Waals surface area contributed by atoms with E-state index in [4.69, 9.17) is 9.47 Å². The highest BCUT2D eigenvalue weighted by molar-refractivity contribution is 5.99. The minimum atomic E-state index is -0.451. The molecule has 8 nitrogen and oxygen atoms in total. The van der Waals surface area contributed by atoms with Gasteiger partial charge in [0.1, 0.15) is 29.1 Å². The smallest absolute Gasteiger partial charge is 0.256 e. The van der Waals surface area contributed by atoms with Gasteiger partial charge in [-0.1, -0.05) is 0 Å². The van der Waals surface area contributed by atoms with Crippen LogP contribution in [0, 0.1) is 5.82 Å². The number of nitrogens with zero attached hydrogens (tertiary/aromatic N) is 3. The Morgan fingerprint density at radius 2 is 2.25 bits per heavy atom. The number of halogens is 1. The quantitative estimate of drug-likeness (QED) is 0.703. The topological polar surface area (TPSA) is 89.8 Å². The van der Waals surface area contributed by atoms with E-state index in [0.717, 1.165) is 0 Å². The summed E-state index contributed by atoms with van der Waals surface area (Å²) in [6.07, 6.45) is 2.74. The van der Waals surface area contributed by atoms with Gasteiger partial charge >= 0.3 is 0 Å². The van der Waals surface area contributed by atoms with Crippen molar-refractivity contribution in [2.45, 2.75) is 19.1 Å². The molecule has 146 valence electrons. The van der Waals surface area contributed by atoms with Gasteiger partial charge in [0.25, 0.3) is 5.91 Å². The van der Waals surface area contributed by atoms with Gasteiger partial charge in [0.05, 0.1) is 25.4 Å². The number of aromatic nitrogens is 3. The number of rotatable bonds is 2. The first-order chi connectivity index (χ1) is 13.5. The molecule has 3 heterocycles. The van der Waals surface area contributed by atoms with E-state index < -0.39 is 6.10 Å². The third-order valence-electron chi connectivity index (χ3n) is 4.55. The number of ether oxygens (including phenoxy) is 2. The molecule has 1 aliphatic heterocycles. The Balaban J connectivity index is 1.80. The molecule has 0 aliphatic carbocycles. The minimum absolute atomic E-state index is 0.211. The lowest BCUT2D eigenvalue weighted by Gasteiger charge is -2.23. The molecule has 2 N–H and O–H groups in total. The average molecular weight is 385 g/mol. The van der Waals surface area contributed by atoms with Crippen LogP contribution in [-0.2, 0) is 4.74 Å². The van der Waals surface area contributed by atoms with Crippen molar-refractivity contribution in [1.82, 2.24) is 19.9 Å². The largest absolute Gasteiger partial charge is 0.486 e. The second-order valence-electron chi connectivity index (χ2n) is 6.59. The summed E-state index contributed by atoms with van der Waals surface area (Å²) in [4.78, 5) is 17.1. The molecular weight excluding hydrogens is 365 g/mol. The predicted molar refractivity (Wildman–Crippen MR) is 100 cm³/mol. The summed E-state index contributed by atoms with van der Waals surface area (Å²) >= 11 is 0. The molecule has 2 aromatic heterocycles. The van der Waals surface area contributed by atoms with Gasteiger partial charge in [-0.25, -0.2) is 13.9 Å². The first kappa shape index (κ1) is 18.2. The van der Waals surface area contributed by atoms with Crippen LogP contribution < -0.4 is 15.4 Å². The molecule has 2 bridgehead atoms. The average Bonchev–Trinajstić information content (AvgIpc) is 3.10. The van der Waals surface area contributed by atoms with Crippen molar-refractivity contribution in [2.75, 3.05) is 25.6 Å². The SMILES string of the molecule is COC[C@@H]1CNC(=O)c2cnn3ccc(nc23)N[C@H](C)c2cc(F)ccc2O1. The number of fused-ring (bicyclic) bond motifs is 2. The van der Waals surface area contributed by atoms with Gasteiger partial charge in [-0.15, -0.1) is 0 Å². The predicted octanol–water partition coefficient (Wildman–Crippen LogP) is 2.18. The fourth-order valence-electron chi connectivity index (χ4n) is 3.18. The highest BCUT2D eigenvalue weighted by atomic mass is 19.1. The Morgan fingerprint density at radius 1 is 1.39 bits per heavy atom.